The highest BCUT2D eigenvalue weighted by Gasteiger charge is 2.09. The van der Waals surface area contributed by atoms with E-state index in [0.717, 1.165) is 10.2 Å². The number of amides is 1. The minimum atomic E-state index is -0.304. The summed E-state index contributed by atoms with van der Waals surface area (Å²) in [7, 11) is 0. The van der Waals surface area contributed by atoms with Crippen LogP contribution in [0.3, 0.4) is 0 Å². The van der Waals surface area contributed by atoms with Gasteiger partial charge in [0, 0.05) is 11.8 Å². The molecular formula is C14H12N4O2S. The maximum absolute atomic E-state index is 12.0. The highest BCUT2D eigenvalue weighted by Crippen LogP contribution is 2.25. The van der Waals surface area contributed by atoms with Gasteiger partial charge in [0.05, 0.1) is 16.5 Å². The summed E-state index contributed by atoms with van der Waals surface area (Å²) < 4.78 is 2.26. The Kier molecular flexibility index (Phi) is 3.49. The first-order valence-corrected chi connectivity index (χ1v) is 7.12. The van der Waals surface area contributed by atoms with Crippen LogP contribution in [-0.4, -0.2) is 20.4 Å². The maximum atomic E-state index is 12.0. The number of fused-ring (bicyclic) bond motifs is 1. The number of rotatable bonds is 3. The highest BCUT2D eigenvalue weighted by atomic mass is 32.1. The lowest BCUT2D eigenvalue weighted by Crippen LogP contribution is -2.27. The van der Waals surface area contributed by atoms with Crippen LogP contribution in [0, 0.1) is 6.92 Å². The van der Waals surface area contributed by atoms with Crippen molar-refractivity contribution < 1.29 is 4.79 Å². The quantitative estimate of drug-likeness (QED) is 0.800. The van der Waals surface area contributed by atoms with Crippen LogP contribution in [0.25, 0.3) is 10.2 Å². The summed E-state index contributed by atoms with van der Waals surface area (Å²) in [5, 5.41) is 3.23. The number of thiazole rings is 1. The molecule has 0 aliphatic heterocycles. The van der Waals surface area contributed by atoms with Gasteiger partial charge in [-0.1, -0.05) is 23.5 Å². The van der Waals surface area contributed by atoms with E-state index in [1.807, 2.05) is 24.3 Å². The number of carbonyl (C=O) groups is 1. The zero-order valence-electron chi connectivity index (χ0n) is 11.2. The fraction of sp³-hybridized carbons (Fsp3) is 0.143. The molecule has 0 fully saturated rings. The Morgan fingerprint density at radius 3 is 2.95 bits per heavy atom. The van der Waals surface area contributed by atoms with Crippen molar-refractivity contribution in [2.75, 3.05) is 5.32 Å². The summed E-state index contributed by atoms with van der Waals surface area (Å²) in [6, 6.07) is 9.03. The molecule has 1 aromatic carbocycles. The van der Waals surface area contributed by atoms with Crippen molar-refractivity contribution in [3.05, 3.63) is 52.7 Å². The van der Waals surface area contributed by atoms with Crippen molar-refractivity contribution >= 4 is 32.6 Å². The van der Waals surface area contributed by atoms with Crippen LogP contribution in [0.1, 0.15) is 5.69 Å². The van der Waals surface area contributed by atoms with E-state index in [1.165, 1.54) is 28.3 Å². The van der Waals surface area contributed by atoms with E-state index >= 15 is 0 Å². The minimum absolute atomic E-state index is 0.0813. The van der Waals surface area contributed by atoms with Crippen molar-refractivity contribution in [3.63, 3.8) is 0 Å². The first kappa shape index (κ1) is 13.4. The van der Waals surface area contributed by atoms with Gasteiger partial charge >= 0.3 is 0 Å². The zero-order chi connectivity index (χ0) is 14.8. The second-order valence-corrected chi connectivity index (χ2v) is 5.56. The first-order valence-electron chi connectivity index (χ1n) is 6.30. The monoisotopic (exact) mass is 300 g/mol. The second-order valence-electron chi connectivity index (χ2n) is 4.53. The molecule has 0 atom stereocenters. The van der Waals surface area contributed by atoms with Crippen molar-refractivity contribution in [1.82, 2.24) is 14.5 Å². The van der Waals surface area contributed by atoms with E-state index in [0.29, 0.717) is 10.8 Å². The molecule has 2 aromatic heterocycles. The minimum Gasteiger partial charge on any atom is -0.300 e. The van der Waals surface area contributed by atoms with Crippen LogP contribution < -0.4 is 10.9 Å². The lowest BCUT2D eigenvalue weighted by Gasteiger charge is -2.04. The normalized spacial score (nSPS) is 10.7. The van der Waals surface area contributed by atoms with Crippen molar-refractivity contribution in [1.29, 1.82) is 0 Å². The molecule has 0 spiro atoms. The number of aromatic nitrogens is 3. The number of anilines is 1. The van der Waals surface area contributed by atoms with Gasteiger partial charge < -0.3 is 5.32 Å². The van der Waals surface area contributed by atoms with Gasteiger partial charge in [-0.15, -0.1) is 0 Å². The largest absolute Gasteiger partial charge is 0.300 e. The molecule has 0 aliphatic carbocycles. The molecule has 1 N–H and O–H groups in total. The Bertz CT molecular complexity index is 836. The SMILES string of the molecule is Cc1cc(=O)n(CC(=O)Nc2nc3ccccc3s2)cn1. The van der Waals surface area contributed by atoms with Crippen LogP contribution in [0.4, 0.5) is 5.13 Å². The van der Waals surface area contributed by atoms with E-state index in [9.17, 15) is 9.59 Å². The number of para-hydroxylation sites is 1. The van der Waals surface area contributed by atoms with E-state index in [1.54, 1.807) is 6.92 Å². The number of aryl methyl sites for hydroxylation is 1. The van der Waals surface area contributed by atoms with Gasteiger partial charge in [0.2, 0.25) is 5.91 Å². The number of nitrogens with one attached hydrogen (secondary N) is 1. The van der Waals surface area contributed by atoms with E-state index in [2.05, 4.69) is 15.3 Å². The molecule has 3 rings (SSSR count). The molecule has 1 amide bonds. The second kappa shape index (κ2) is 5.45. The van der Waals surface area contributed by atoms with Crippen LogP contribution in [0.5, 0.6) is 0 Å². The van der Waals surface area contributed by atoms with Gasteiger partial charge in [-0.25, -0.2) is 9.97 Å². The Morgan fingerprint density at radius 1 is 1.38 bits per heavy atom. The molecule has 0 aliphatic rings. The van der Waals surface area contributed by atoms with Crippen LogP contribution >= 0.6 is 11.3 Å². The summed E-state index contributed by atoms with van der Waals surface area (Å²) in [5.41, 5.74) is 1.22. The van der Waals surface area contributed by atoms with Crippen molar-refractivity contribution in [2.24, 2.45) is 0 Å². The van der Waals surface area contributed by atoms with E-state index < -0.39 is 0 Å². The van der Waals surface area contributed by atoms with Crippen LogP contribution in [0.2, 0.25) is 0 Å². The maximum Gasteiger partial charge on any atom is 0.253 e. The summed E-state index contributed by atoms with van der Waals surface area (Å²) in [5.74, 6) is -0.304. The molecule has 0 radical (unpaired) electrons. The molecule has 3 aromatic rings. The smallest absolute Gasteiger partial charge is 0.253 e. The number of benzene rings is 1. The lowest BCUT2D eigenvalue weighted by atomic mass is 10.3. The highest BCUT2D eigenvalue weighted by molar-refractivity contribution is 7.22. The third kappa shape index (κ3) is 2.97. The molecule has 0 saturated carbocycles. The fourth-order valence-corrected chi connectivity index (χ4v) is 2.76. The van der Waals surface area contributed by atoms with Crippen LogP contribution in [0.15, 0.2) is 41.5 Å². The topological polar surface area (TPSA) is 76.9 Å². The lowest BCUT2D eigenvalue weighted by molar-refractivity contribution is -0.116. The summed E-state index contributed by atoms with van der Waals surface area (Å²) in [4.78, 5) is 32.0. The molecule has 0 bridgehead atoms. The summed E-state index contributed by atoms with van der Waals surface area (Å²) >= 11 is 1.40. The fourth-order valence-electron chi connectivity index (χ4n) is 1.87. The number of nitrogens with zero attached hydrogens (tertiary/aromatic N) is 3. The third-order valence-corrected chi connectivity index (χ3v) is 3.82. The van der Waals surface area contributed by atoms with Crippen molar-refractivity contribution in [3.8, 4) is 0 Å². The third-order valence-electron chi connectivity index (χ3n) is 2.87. The van der Waals surface area contributed by atoms with Crippen LogP contribution in [-0.2, 0) is 11.3 Å². The molecular weight excluding hydrogens is 288 g/mol. The summed E-state index contributed by atoms with van der Waals surface area (Å²) in [6.07, 6.45) is 1.37. The number of carbonyl (C=O) groups excluding carboxylic acids is 1. The van der Waals surface area contributed by atoms with Gasteiger partial charge in [0.15, 0.2) is 5.13 Å². The van der Waals surface area contributed by atoms with Crippen molar-refractivity contribution in [2.45, 2.75) is 13.5 Å². The average Bonchev–Trinajstić information content (AvgIpc) is 2.84. The first-order chi connectivity index (χ1) is 10.1. The van der Waals surface area contributed by atoms with Gasteiger partial charge in [-0.2, -0.15) is 0 Å². The predicted molar refractivity (Wildman–Crippen MR) is 81.5 cm³/mol. The molecule has 106 valence electrons. The Hall–Kier alpha value is -2.54. The Labute approximate surface area is 124 Å². The van der Waals surface area contributed by atoms with E-state index in [4.69, 9.17) is 0 Å². The van der Waals surface area contributed by atoms with Gasteiger partial charge in [0.25, 0.3) is 5.56 Å². The molecule has 7 heteroatoms. The molecule has 0 unspecified atom stereocenters. The number of hydrogen-bond acceptors (Lipinski definition) is 5. The Balaban J connectivity index is 1.75. The van der Waals surface area contributed by atoms with Gasteiger partial charge in [-0.3, -0.25) is 14.2 Å². The Morgan fingerprint density at radius 2 is 2.19 bits per heavy atom. The molecule has 0 saturated heterocycles. The standard InChI is InChI=1S/C14H12N4O2S/c1-9-6-13(20)18(8-15-9)7-12(19)17-14-16-10-4-2-3-5-11(10)21-14/h2-6,8H,7H2,1H3,(H,16,17,19). The molecule has 2 heterocycles. The van der Waals surface area contributed by atoms with Gasteiger partial charge in [0.1, 0.15) is 6.54 Å². The summed E-state index contributed by atoms with van der Waals surface area (Å²) in [6.45, 7) is 1.65. The molecule has 6 nitrogen and oxygen atoms in total. The predicted octanol–water partition coefficient (Wildman–Crippen LogP) is 1.80. The average molecular weight is 300 g/mol. The zero-order valence-corrected chi connectivity index (χ0v) is 12.1. The van der Waals surface area contributed by atoms with E-state index in [-0.39, 0.29) is 18.0 Å². The molecule has 21 heavy (non-hydrogen) atoms. The van der Waals surface area contributed by atoms with Gasteiger partial charge in [-0.05, 0) is 19.1 Å². The number of hydrogen-bond donors (Lipinski definition) is 1.